The lowest BCUT2D eigenvalue weighted by molar-refractivity contribution is -0.150. The van der Waals surface area contributed by atoms with Gasteiger partial charge in [0, 0.05) is 26.0 Å². The Morgan fingerprint density at radius 3 is 2.67 bits per heavy atom. The van der Waals surface area contributed by atoms with Crippen LogP contribution in [-0.4, -0.2) is 53.4 Å². The zero-order valence-corrected chi connectivity index (χ0v) is 10.8. The molecule has 1 saturated heterocycles. The highest BCUT2D eigenvalue weighted by Crippen LogP contribution is 2.26. The molecule has 1 aliphatic rings. The fourth-order valence-corrected chi connectivity index (χ4v) is 1.86. The number of ether oxygens (including phenoxy) is 1. The van der Waals surface area contributed by atoms with Crippen LogP contribution >= 0.6 is 0 Å². The van der Waals surface area contributed by atoms with Gasteiger partial charge in [0.1, 0.15) is 0 Å². The van der Waals surface area contributed by atoms with Crippen molar-refractivity contribution in [3.8, 4) is 0 Å². The normalized spacial score (nSPS) is 23.7. The van der Waals surface area contributed by atoms with Gasteiger partial charge in [0.15, 0.2) is 0 Å². The molecule has 0 spiro atoms. The van der Waals surface area contributed by atoms with Crippen LogP contribution in [0.1, 0.15) is 33.1 Å². The molecule has 104 valence electrons. The summed E-state index contributed by atoms with van der Waals surface area (Å²) < 4.78 is 19.0. The van der Waals surface area contributed by atoms with E-state index in [2.05, 4.69) is 0 Å². The number of amides is 1. The number of likely N-dealkylation sites (tertiary alicyclic amines) is 1. The zero-order chi connectivity index (χ0) is 13.8. The maximum atomic E-state index is 13.7. The van der Waals surface area contributed by atoms with Gasteiger partial charge in [-0.3, -0.25) is 4.79 Å². The minimum atomic E-state index is -2.27. The summed E-state index contributed by atoms with van der Waals surface area (Å²) in [5.41, 5.74) is -2.27. The highest BCUT2D eigenvalue weighted by Gasteiger charge is 2.46. The van der Waals surface area contributed by atoms with Gasteiger partial charge in [0.25, 0.3) is 0 Å². The van der Waals surface area contributed by atoms with Crippen molar-refractivity contribution >= 4 is 11.9 Å². The van der Waals surface area contributed by atoms with Crippen molar-refractivity contribution < 1.29 is 23.8 Å². The molecule has 0 saturated carbocycles. The summed E-state index contributed by atoms with van der Waals surface area (Å²) in [6.45, 7) is 4.13. The Morgan fingerprint density at radius 2 is 2.17 bits per heavy atom. The van der Waals surface area contributed by atoms with E-state index in [9.17, 15) is 14.0 Å². The summed E-state index contributed by atoms with van der Waals surface area (Å²) in [5.74, 6) is -1.69. The van der Waals surface area contributed by atoms with Crippen LogP contribution < -0.4 is 0 Å². The average Bonchev–Trinajstić information content (AvgIpc) is 2.68. The first-order valence-corrected chi connectivity index (χ1v) is 6.17. The van der Waals surface area contributed by atoms with Gasteiger partial charge < -0.3 is 14.7 Å². The molecule has 0 bridgehead atoms. The predicted octanol–water partition coefficient (Wildman–Crippen LogP) is 1.22. The van der Waals surface area contributed by atoms with Crippen molar-refractivity contribution in [1.29, 1.82) is 0 Å². The minimum Gasteiger partial charge on any atom is -0.479 e. The molecule has 1 atom stereocenters. The van der Waals surface area contributed by atoms with Crippen molar-refractivity contribution in [2.24, 2.45) is 0 Å². The Bertz CT molecular complexity index is 321. The second kappa shape index (κ2) is 6.13. The van der Waals surface area contributed by atoms with Gasteiger partial charge in [-0.15, -0.1) is 0 Å². The Balaban J connectivity index is 2.30. The molecule has 6 heteroatoms. The molecule has 1 aliphatic heterocycles. The number of nitrogens with zero attached hydrogens (tertiary/aromatic N) is 1. The van der Waals surface area contributed by atoms with Gasteiger partial charge >= 0.3 is 5.97 Å². The maximum absolute atomic E-state index is 13.7. The largest absolute Gasteiger partial charge is 0.479 e. The lowest BCUT2D eigenvalue weighted by Gasteiger charge is -2.17. The first-order chi connectivity index (χ1) is 8.35. The van der Waals surface area contributed by atoms with Gasteiger partial charge in [-0.2, -0.15) is 0 Å². The third kappa shape index (κ3) is 3.94. The first kappa shape index (κ1) is 14.9. The van der Waals surface area contributed by atoms with Crippen LogP contribution in [-0.2, 0) is 14.3 Å². The third-order valence-electron chi connectivity index (χ3n) is 2.94. The molecule has 1 fully saturated rings. The van der Waals surface area contributed by atoms with Crippen LogP contribution in [0.4, 0.5) is 4.39 Å². The quantitative estimate of drug-likeness (QED) is 0.730. The molecule has 5 nitrogen and oxygen atoms in total. The molecule has 0 aromatic rings. The van der Waals surface area contributed by atoms with Crippen LogP contribution in [0.15, 0.2) is 0 Å². The first-order valence-electron chi connectivity index (χ1n) is 6.17. The fraction of sp³-hybridized carbons (Fsp3) is 0.833. The van der Waals surface area contributed by atoms with Gasteiger partial charge in [-0.25, -0.2) is 9.18 Å². The number of halogens is 1. The Kier molecular flexibility index (Phi) is 5.07. The van der Waals surface area contributed by atoms with Gasteiger partial charge in [0.05, 0.1) is 12.6 Å². The Hall–Kier alpha value is -1.17. The smallest absolute Gasteiger partial charge is 0.343 e. The summed E-state index contributed by atoms with van der Waals surface area (Å²) in [6, 6.07) is 0. The fourth-order valence-electron chi connectivity index (χ4n) is 1.86. The lowest BCUT2D eigenvalue weighted by atomic mass is 10.1. The monoisotopic (exact) mass is 261 g/mol. The van der Waals surface area contributed by atoms with E-state index < -0.39 is 11.6 Å². The van der Waals surface area contributed by atoms with E-state index in [0.717, 1.165) is 0 Å². The van der Waals surface area contributed by atoms with E-state index in [1.165, 1.54) is 4.90 Å². The van der Waals surface area contributed by atoms with E-state index in [1.807, 2.05) is 13.8 Å². The Labute approximate surface area is 106 Å². The molecular formula is C12H20FNO4. The number of hydrogen-bond acceptors (Lipinski definition) is 3. The number of carboxylic acids is 1. The van der Waals surface area contributed by atoms with E-state index in [0.29, 0.717) is 13.0 Å². The van der Waals surface area contributed by atoms with E-state index >= 15 is 0 Å². The van der Waals surface area contributed by atoms with E-state index in [1.54, 1.807) is 0 Å². The summed E-state index contributed by atoms with van der Waals surface area (Å²) in [4.78, 5) is 23.7. The Morgan fingerprint density at radius 1 is 1.50 bits per heavy atom. The number of hydrogen-bond donors (Lipinski definition) is 1. The van der Waals surface area contributed by atoms with Gasteiger partial charge in [-0.1, -0.05) is 0 Å². The van der Waals surface area contributed by atoms with Crippen LogP contribution in [0, 0.1) is 0 Å². The molecule has 1 rings (SSSR count). The minimum absolute atomic E-state index is 0.123. The number of aliphatic carboxylic acids is 1. The van der Waals surface area contributed by atoms with Gasteiger partial charge in [-0.05, 0) is 20.3 Å². The number of carboxylic acid groups (broad SMARTS) is 1. The molecule has 0 aromatic carbocycles. The number of rotatable bonds is 6. The predicted molar refractivity (Wildman–Crippen MR) is 63.0 cm³/mol. The number of carbonyl (C=O) groups excluding carboxylic acids is 1. The van der Waals surface area contributed by atoms with E-state index in [4.69, 9.17) is 9.84 Å². The zero-order valence-electron chi connectivity index (χ0n) is 10.8. The van der Waals surface area contributed by atoms with Crippen molar-refractivity contribution in [2.45, 2.75) is 44.9 Å². The SMILES string of the molecule is CC(C)OCCCC(=O)N1CCC(F)(C(=O)O)C1. The molecule has 0 aromatic heterocycles. The molecule has 1 unspecified atom stereocenters. The van der Waals surface area contributed by atoms with Crippen LogP contribution in [0.5, 0.6) is 0 Å². The van der Waals surface area contributed by atoms with Crippen LogP contribution in [0.3, 0.4) is 0 Å². The second-order valence-electron chi connectivity index (χ2n) is 4.86. The lowest BCUT2D eigenvalue weighted by Crippen LogP contribution is -2.38. The van der Waals surface area contributed by atoms with Crippen LogP contribution in [0.2, 0.25) is 0 Å². The molecule has 1 heterocycles. The highest BCUT2D eigenvalue weighted by atomic mass is 19.1. The van der Waals surface area contributed by atoms with Crippen molar-refractivity contribution in [2.75, 3.05) is 19.7 Å². The average molecular weight is 261 g/mol. The summed E-state index contributed by atoms with van der Waals surface area (Å²) in [7, 11) is 0. The standard InChI is InChI=1S/C12H20FNO4/c1-9(2)18-7-3-4-10(15)14-6-5-12(13,8-14)11(16)17/h9H,3-8H2,1-2H3,(H,16,17). The molecule has 18 heavy (non-hydrogen) atoms. The van der Waals surface area contributed by atoms with Crippen molar-refractivity contribution in [3.63, 3.8) is 0 Å². The number of alkyl halides is 1. The topological polar surface area (TPSA) is 66.8 Å². The molecule has 1 amide bonds. The summed E-state index contributed by atoms with van der Waals surface area (Å²) in [6.07, 6.45) is 0.830. The molecule has 0 aliphatic carbocycles. The van der Waals surface area contributed by atoms with Crippen molar-refractivity contribution in [3.05, 3.63) is 0 Å². The summed E-state index contributed by atoms with van der Waals surface area (Å²) in [5, 5.41) is 8.71. The second-order valence-corrected chi connectivity index (χ2v) is 4.86. The molecular weight excluding hydrogens is 241 g/mol. The van der Waals surface area contributed by atoms with Crippen LogP contribution in [0.25, 0.3) is 0 Å². The van der Waals surface area contributed by atoms with E-state index in [-0.39, 0.29) is 37.9 Å². The molecule has 1 N–H and O–H groups in total. The summed E-state index contributed by atoms with van der Waals surface area (Å²) >= 11 is 0. The van der Waals surface area contributed by atoms with Gasteiger partial charge in [0.2, 0.25) is 11.6 Å². The number of carbonyl (C=O) groups is 2. The highest BCUT2D eigenvalue weighted by molar-refractivity contribution is 5.82. The third-order valence-corrected chi connectivity index (χ3v) is 2.94. The maximum Gasteiger partial charge on any atom is 0.343 e. The van der Waals surface area contributed by atoms with Crippen molar-refractivity contribution in [1.82, 2.24) is 4.90 Å². The molecule has 0 radical (unpaired) electrons.